The number of hydrogen-bond donors (Lipinski definition) is 0. The van der Waals surface area contributed by atoms with Crippen molar-refractivity contribution in [3.05, 3.63) is 35.4 Å². The van der Waals surface area contributed by atoms with E-state index in [1.54, 1.807) is 18.2 Å². The van der Waals surface area contributed by atoms with Crippen molar-refractivity contribution in [2.24, 2.45) is 0 Å². The largest absolute Gasteiger partial charge is 0.303 e. The molecule has 0 atom stereocenters. The van der Waals surface area contributed by atoms with Crippen molar-refractivity contribution >= 4 is 22.2 Å². The molecule has 0 radical (unpaired) electrons. The Labute approximate surface area is 69.3 Å². The van der Waals surface area contributed by atoms with E-state index in [1.807, 2.05) is 6.08 Å². The van der Waals surface area contributed by atoms with Gasteiger partial charge in [0, 0.05) is 10.9 Å². The first-order valence-corrected chi connectivity index (χ1v) is 3.69. The first-order chi connectivity index (χ1) is 4.81. The van der Waals surface area contributed by atoms with Crippen LogP contribution in [-0.4, -0.2) is 6.29 Å². The average molecular weight is 201 g/mol. The quantitative estimate of drug-likeness (QED) is 0.504. The highest BCUT2D eigenvalue weighted by atomic mass is 79.9. The lowest BCUT2D eigenvalue weighted by molar-refractivity contribution is -0.107. The molecule has 54 valence electrons. The summed E-state index contributed by atoms with van der Waals surface area (Å²) >= 11 is 3.26. The van der Waals surface area contributed by atoms with E-state index >= 15 is 0 Å². The summed E-state index contributed by atoms with van der Waals surface area (Å²) < 4.78 is 0.921. The second-order valence-electron chi connectivity index (χ2n) is 1.59. The van der Waals surface area contributed by atoms with Crippen LogP contribution in [0.2, 0.25) is 0 Å². The fourth-order valence-corrected chi connectivity index (χ4v) is 0.778. The molecule has 0 aliphatic heterocycles. The molecule has 0 aromatic heterocycles. The van der Waals surface area contributed by atoms with Crippen LogP contribution in [0.4, 0.5) is 0 Å². The highest BCUT2D eigenvalue weighted by Crippen LogP contribution is 2.05. The Kier molecular flexibility index (Phi) is 6.08. The maximum absolute atomic E-state index is 9.84. The standard InChI is InChI=1S/C8H9BrO/c1-2-5-8(9)6-3-4-7-10/h2-3,5-7H,1,4H2/b6-3-,8-5+. The summed E-state index contributed by atoms with van der Waals surface area (Å²) in [5.41, 5.74) is 0. The van der Waals surface area contributed by atoms with Gasteiger partial charge in [0.2, 0.25) is 0 Å². The maximum Gasteiger partial charge on any atom is 0.123 e. The third kappa shape index (κ3) is 5.51. The molecule has 0 unspecified atom stereocenters. The van der Waals surface area contributed by atoms with Crippen LogP contribution in [-0.2, 0) is 4.79 Å². The average Bonchev–Trinajstić information content (AvgIpc) is 1.89. The molecule has 0 bridgehead atoms. The summed E-state index contributed by atoms with van der Waals surface area (Å²) in [5.74, 6) is 0. The first kappa shape index (κ1) is 9.37. The van der Waals surface area contributed by atoms with Gasteiger partial charge in [-0.2, -0.15) is 0 Å². The van der Waals surface area contributed by atoms with Gasteiger partial charge in [-0.1, -0.05) is 40.7 Å². The van der Waals surface area contributed by atoms with Gasteiger partial charge in [-0.3, -0.25) is 0 Å². The third-order valence-corrected chi connectivity index (χ3v) is 1.32. The van der Waals surface area contributed by atoms with Gasteiger partial charge in [-0.05, 0) is 6.08 Å². The number of aldehydes is 1. The van der Waals surface area contributed by atoms with Crippen molar-refractivity contribution < 1.29 is 4.79 Å². The summed E-state index contributed by atoms with van der Waals surface area (Å²) in [7, 11) is 0. The van der Waals surface area contributed by atoms with E-state index in [4.69, 9.17) is 0 Å². The van der Waals surface area contributed by atoms with Gasteiger partial charge in [0.05, 0.1) is 0 Å². The molecule has 0 saturated heterocycles. The van der Waals surface area contributed by atoms with Crippen LogP contribution in [0, 0.1) is 0 Å². The van der Waals surface area contributed by atoms with Gasteiger partial charge in [-0.15, -0.1) is 0 Å². The van der Waals surface area contributed by atoms with Gasteiger partial charge >= 0.3 is 0 Å². The minimum Gasteiger partial charge on any atom is -0.303 e. The monoisotopic (exact) mass is 200 g/mol. The lowest BCUT2D eigenvalue weighted by Crippen LogP contribution is -1.66. The molecule has 0 amide bonds. The van der Waals surface area contributed by atoms with Crippen LogP contribution in [0.1, 0.15) is 6.42 Å². The fraction of sp³-hybridized carbons (Fsp3) is 0.125. The van der Waals surface area contributed by atoms with E-state index < -0.39 is 0 Å². The zero-order valence-electron chi connectivity index (χ0n) is 5.59. The van der Waals surface area contributed by atoms with E-state index in [-0.39, 0.29) is 0 Å². The van der Waals surface area contributed by atoms with Crippen LogP contribution in [0.25, 0.3) is 0 Å². The lowest BCUT2D eigenvalue weighted by atomic mass is 10.4. The number of allylic oxidation sites excluding steroid dienone is 5. The van der Waals surface area contributed by atoms with Crippen LogP contribution < -0.4 is 0 Å². The summed E-state index contributed by atoms with van der Waals surface area (Å²) in [6.07, 6.45) is 8.38. The zero-order valence-corrected chi connectivity index (χ0v) is 7.17. The number of carbonyl (C=O) groups is 1. The van der Waals surface area contributed by atoms with Crippen molar-refractivity contribution in [1.29, 1.82) is 0 Å². The Morgan fingerprint density at radius 2 is 2.30 bits per heavy atom. The van der Waals surface area contributed by atoms with Gasteiger partial charge in [-0.25, -0.2) is 0 Å². The summed E-state index contributed by atoms with van der Waals surface area (Å²) in [4.78, 5) is 9.84. The normalized spacial score (nSPS) is 11.9. The third-order valence-electron chi connectivity index (χ3n) is 0.786. The lowest BCUT2D eigenvalue weighted by Gasteiger charge is -1.82. The van der Waals surface area contributed by atoms with E-state index in [2.05, 4.69) is 22.5 Å². The molecular weight excluding hydrogens is 192 g/mol. The van der Waals surface area contributed by atoms with Gasteiger partial charge < -0.3 is 4.79 Å². The van der Waals surface area contributed by atoms with E-state index in [1.165, 1.54) is 0 Å². The minimum absolute atomic E-state index is 0.458. The Balaban J connectivity index is 3.75. The van der Waals surface area contributed by atoms with Gasteiger partial charge in [0.15, 0.2) is 0 Å². The number of hydrogen-bond acceptors (Lipinski definition) is 1. The SMILES string of the molecule is C=C/C=C(Br)\C=C/CC=O. The molecule has 0 aliphatic rings. The molecule has 0 spiro atoms. The molecule has 0 rings (SSSR count). The molecule has 10 heavy (non-hydrogen) atoms. The van der Waals surface area contributed by atoms with Crippen LogP contribution in [0.3, 0.4) is 0 Å². The molecule has 0 N–H and O–H groups in total. The Morgan fingerprint density at radius 1 is 1.60 bits per heavy atom. The topological polar surface area (TPSA) is 17.1 Å². The van der Waals surface area contributed by atoms with Crippen molar-refractivity contribution in [2.45, 2.75) is 6.42 Å². The second-order valence-corrected chi connectivity index (χ2v) is 2.51. The minimum atomic E-state index is 0.458. The molecule has 0 aliphatic carbocycles. The van der Waals surface area contributed by atoms with E-state index in [9.17, 15) is 4.79 Å². The number of halogens is 1. The Hall–Kier alpha value is -0.630. The highest BCUT2D eigenvalue weighted by molar-refractivity contribution is 9.11. The molecule has 2 heteroatoms. The molecule has 0 aromatic carbocycles. The molecule has 0 heterocycles. The van der Waals surface area contributed by atoms with Crippen LogP contribution in [0.5, 0.6) is 0 Å². The number of carbonyl (C=O) groups excluding carboxylic acids is 1. The molecule has 0 fully saturated rings. The smallest absolute Gasteiger partial charge is 0.123 e. The highest BCUT2D eigenvalue weighted by Gasteiger charge is 1.78. The second kappa shape index (κ2) is 6.49. The maximum atomic E-state index is 9.84. The fourth-order valence-electron chi connectivity index (χ4n) is 0.404. The predicted molar refractivity (Wildman–Crippen MR) is 47.0 cm³/mol. The molecular formula is C8H9BrO. The Bertz CT molecular complexity index is 168. The summed E-state index contributed by atoms with van der Waals surface area (Å²) in [6.45, 7) is 3.52. The van der Waals surface area contributed by atoms with Crippen LogP contribution in [0.15, 0.2) is 35.4 Å². The van der Waals surface area contributed by atoms with Crippen LogP contribution >= 0.6 is 15.9 Å². The summed E-state index contributed by atoms with van der Waals surface area (Å²) in [6, 6.07) is 0. The number of rotatable bonds is 4. The van der Waals surface area contributed by atoms with Crippen molar-refractivity contribution in [3.8, 4) is 0 Å². The van der Waals surface area contributed by atoms with E-state index in [0.29, 0.717) is 6.42 Å². The molecule has 0 saturated carbocycles. The van der Waals surface area contributed by atoms with Crippen molar-refractivity contribution in [2.75, 3.05) is 0 Å². The first-order valence-electron chi connectivity index (χ1n) is 2.89. The molecule has 1 nitrogen and oxygen atoms in total. The van der Waals surface area contributed by atoms with Gasteiger partial charge in [0.1, 0.15) is 6.29 Å². The zero-order chi connectivity index (χ0) is 7.82. The van der Waals surface area contributed by atoms with E-state index in [0.717, 1.165) is 10.8 Å². The van der Waals surface area contributed by atoms with Gasteiger partial charge in [0.25, 0.3) is 0 Å². The predicted octanol–water partition coefficient (Wildman–Crippen LogP) is 2.60. The van der Waals surface area contributed by atoms with Crippen molar-refractivity contribution in [1.82, 2.24) is 0 Å². The summed E-state index contributed by atoms with van der Waals surface area (Å²) in [5, 5.41) is 0. The Morgan fingerprint density at radius 3 is 2.80 bits per heavy atom. The van der Waals surface area contributed by atoms with Crippen molar-refractivity contribution in [3.63, 3.8) is 0 Å². The molecule has 0 aromatic rings.